The van der Waals surface area contributed by atoms with Crippen LogP contribution in [0.25, 0.3) is 0 Å². The molecule has 0 aliphatic heterocycles. The van der Waals surface area contributed by atoms with Crippen LogP contribution in [-0.4, -0.2) is 23.5 Å². The molecule has 0 aliphatic rings. The van der Waals surface area contributed by atoms with Gasteiger partial charge in [0.1, 0.15) is 0 Å². The summed E-state index contributed by atoms with van der Waals surface area (Å²) in [6.45, 7) is 6.83. The smallest absolute Gasteiger partial charge is 0.337 e. The van der Waals surface area contributed by atoms with Crippen molar-refractivity contribution in [3.63, 3.8) is 0 Å². The summed E-state index contributed by atoms with van der Waals surface area (Å²) in [5, 5.41) is 0. The molecule has 0 spiro atoms. The molecule has 0 aliphatic carbocycles. The van der Waals surface area contributed by atoms with Gasteiger partial charge in [-0.05, 0) is 19.1 Å². The molecule has 0 amide bonds. The zero-order valence-corrected chi connectivity index (χ0v) is 10.4. The second-order valence-electron chi connectivity index (χ2n) is 3.52. The number of nitrogens with zero attached hydrogens (tertiary/aromatic N) is 1. The van der Waals surface area contributed by atoms with Gasteiger partial charge in [0.15, 0.2) is 6.10 Å². The minimum absolute atomic E-state index is 0.0817. The average molecular weight is 249 g/mol. The van der Waals surface area contributed by atoms with Crippen molar-refractivity contribution < 1.29 is 19.1 Å². The van der Waals surface area contributed by atoms with Crippen LogP contribution in [0.15, 0.2) is 36.7 Å². The van der Waals surface area contributed by atoms with Gasteiger partial charge >= 0.3 is 11.9 Å². The number of carbonyl (C=O) groups excluding carboxylic acids is 2. The third kappa shape index (κ3) is 3.69. The molecule has 1 rings (SSSR count). The fourth-order valence-corrected chi connectivity index (χ4v) is 1.38. The summed E-state index contributed by atoms with van der Waals surface area (Å²) in [4.78, 5) is 26.6. The van der Waals surface area contributed by atoms with Gasteiger partial charge in [-0.1, -0.05) is 6.58 Å². The molecule has 0 bridgehead atoms. The minimum Gasteiger partial charge on any atom is -0.463 e. The second-order valence-corrected chi connectivity index (χ2v) is 3.52. The summed E-state index contributed by atoms with van der Waals surface area (Å²) in [5.74, 6) is -1.08. The van der Waals surface area contributed by atoms with Crippen molar-refractivity contribution in [2.75, 3.05) is 6.61 Å². The Bertz CT molecular complexity index is 442. The number of ether oxygens (including phenoxy) is 2. The van der Waals surface area contributed by atoms with Crippen LogP contribution in [0.5, 0.6) is 0 Å². The summed E-state index contributed by atoms with van der Waals surface area (Å²) < 4.78 is 9.94. The lowest BCUT2D eigenvalue weighted by Gasteiger charge is -2.18. The molecule has 0 aromatic carbocycles. The van der Waals surface area contributed by atoms with Crippen LogP contribution in [-0.2, 0) is 19.1 Å². The summed E-state index contributed by atoms with van der Waals surface area (Å²) in [6.07, 6.45) is 2.25. The van der Waals surface area contributed by atoms with Gasteiger partial charge in [0.25, 0.3) is 0 Å². The molecule has 0 radical (unpaired) electrons. The second kappa shape index (κ2) is 6.54. The molecule has 0 saturated heterocycles. The lowest BCUT2D eigenvalue weighted by molar-refractivity contribution is -0.147. The molecule has 18 heavy (non-hydrogen) atoms. The van der Waals surface area contributed by atoms with Crippen molar-refractivity contribution in [3.8, 4) is 0 Å². The number of aromatic nitrogens is 1. The molecule has 1 unspecified atom stereocenters. The summed E-state index contributed by atoms with van der Waals surface area (Å²) in [7, 11) is 0. The van der Waals surface area contributed by atoms with Crippen LogP contribution in [0, 0.1) is 0 Å². The first-order chi connectivity index (χ1) is 8.56. The van der Waals surface area contributed by atoms with Gasteiger partial charge in [-0.15, -0.1) is 0 Å². The Morgan fingerprint density at radius 1 is 1.39 bits per heavy atom. The number of pyridine rings is 1. The van der Waals surface area contributed by atoms with Gasteiger partial charge in [0.05, 0.1) is 12.2 Å². The van der Waals surface area contributed by atoms with E-state index in [1.807, 2.05) is 0 Å². The largest absolute Gasteiger partial charge is 0.463 e. The fourth-order valence-electron chi connectivity index (χ4n) is 1.38. The monoisotopic (exact) mass is 249 g/mol. The van der Waals surface area contributed by atoms with Crippen LogP contribution in [0.3, 0.4) is 0 Å². The minimum atomic E-state index is -0.843. The molecule has 1 aromatic heterocycles. The van der Waals surface area contributed by atoms with Gasteiger partial charge in [-0.2, -0.15) is 0 Å². The SMILES string of the molecule is C=C(C(=O)OCC)C(OC(C)=O)c1ccncc1. The van der Waals surface area contributed by atoms with E-state index in [0.29, 0.717) is 5.56 Å². The number of carbonyl (C=O) groups is 2. The highest BCUT2D eigenvalue weighted by Gasteiger charge is 2.24. The quantitative estimate of drug-likeness (QED) is 0.588. The van der Waals surface area contributed by atoms with E-state index in [1.165, 1.54) is 6.92 Å². The summed E-state index contributed by atoms with van der Waals surface area (Å²) >= 11 is 0. The van der Waals surface area contributed by atoms with E-state index in [-0.39, 0.29) is 12.2 Å². The number of hydrogen-bond donors (Lipinski definition) is 0. The van der Waals surface area contributed by atoms with Crippen LogP contribution in [0.4, 0.5) is 0 Å². The van der Waals surface area contributed by atoms with E-state index in [2.05, 4.69) is 11.6 Å². The predicted octanol–water partition coefficient (Wildman–Crippen LogP) is 1.81. The van der Waals surface area contributed by atoms with E-state index in [0.717, 1.165) is 0 Å². The summed E-state index contributed by atoms with van der Waals surface area (Å²) in [6, 6.07) is 3.30. The number of rotatable bonds is 5. The number of hydrogen-bond acceptors (Lipinski definition) is 5. The van der Waals surface area contributed by atoms with E-state index in [1.54, 1.807) is 31.5 Å². The zero-order valence-electron chi connectivity index (χ0n) is 10.4. The molecule has 0 saturated carbocycles. The molecule has 0 fully saturated rings. The standard InChI is InChI=1S/C13H15NO4/c1-4-17-13(16)9(2)12(18-10(3)15)11-5-7-14-8-6-11/h5-8,12H,2,4H2,1,3H3. The molecule has 96 valence electrons. The third-order valence-electron chi connectivity index (χ3n) is 2.15. The first-order valence-corrected chi connectivity index (χ1v) is 5.49. The highest BCUT2D eigenvalue weighted by atomic mass is 16.6. The van der Waals surface area contributed by atoms with E-state index < -0.39 is 18.0 Å². The van der Waals surface area contributed by atoms with Crippen LogP contribution >= 0.6 is 0 Å². The average Bonchev–Trinajstić information content (AvgIpc) is 2.36. The Labute approximate surface area is 105 Å². The first-order valence-electron chi connectivity index (χ1n) is 5.49. The lowest BCUT2D eigenvalue weighted by Crippen LogP contribution is -2.18. The van der Waals surface area contributed by atoms with Crippen molar-refractivity contribution in [1.29, 1.82) is 0 Å². The molecule has 5 nitrogen and oxygen atoms in total. The van der Waals surface area contributed by atoms with Crippen LogP contribution in [0.2, 0.25) is 0 Å². The van der Waals surface area contributed by atoms with Crippen LogP contribution in [0.1, 0.15) is 25.5 Å². The summed E-state index contributed by atoms with van der Waals surface area (Å²) in [5.41, 5.74) is 0.705. The fraction of sp³-hybridized carbons (Fsp3) is 0.308. The highest BCUT2D eigenvalue weighted by Crippen LogP contribution is 2.25. The third-order valence-corrected chi connectivity index (χ3v) is 2.15. The number of esters is 2. The molecule has 5 heteroatoms. The van der Waals surface area contributed by atoms with Gasteiger partial charge in [0.2, 0.25) is 0 Å². The maximum Gasteiger partial charge on any atom is 0.337 e. The van der Waals surface area contributed by atoms with Crippen molar-refractivity contribution in [2.45, 2.75) is 20.0 Å². The molecule has 0 N–H and O–H groups in total. The highest BCUT2D eigenvalue weighted by molar-refractivity contribution is 5.89. The molecule has 1 heterocycles. The zero-order chi connectivity index (χ0) is 13.5. The van der Waals surface area contributed by atoms with Gasteiger partial charge < -0.3 is 9.47 Å². The lowest BCUT2D eigenvalue weighted by atomic mass is 10.0. The van der Waals surface area contributed by atoms with E-state index >= 15 is 0 Å². The Balaban J connectivity index is 2.95. The van der Waals surface area contributed by atoms with Gasteiger partial charge in [-0.25, -0.2) is 4.79 Å². The Hall–Kier alpha value is -2.17. The van der Waals surface area contributed by atoms with Crippen molar-refractivity contribution in [3.05, 3.63) is 42.2 Å². The molecule has 1 atom stereocenters. The van der Waals surface area contributed by atoms with Crippen LogP contribution < -0.4 is 0 Å². The maximum absolute atomic E-state index is 11.6. The maximum atomic E-state index is 11.6. The Morgan fingerprint density at radius 2 is 2.00 bits per heavy atom. The first kappa shape index (κ1) is 13.9. The topological polar surface area (TPSA) is 65.5 Å². The molecular formula is C13H15NO4. The van der Waals surface area contributed by atoms with E-state index in [9.17, 15) is 9.59 Å². The molecule has 1 aromatic rings. The van der Waals surface area contributed by atoms with Crippen molar-refractivity contribution >= 4 is 11.9 Å². The van der Waals surface area contributed by atoms with Crippen molar-refractivity contribution in [1.82, 2.24) is 4.98 Å². The normalized spacial score (nSPS) is 11.4. The Kier molecular flexibility index (Phi) is 5.05. The van der Waals surface area contributed by atoms with E-state index in [4.69, 9.17) is 9.47 Å². The predicted molar refractivity (Wildman–Crippen MR) is 64.5 cm³/mol. The van der Waals surface area contributed by atoms with Gasteiger partial charge in [0, 0.05) is 24.9 Å². The van der Waals surface area contributed by atoms with Crippen molar-refractivity contribution in [2.24, 2.45) is 0 Å². The molecular weight excluding hydrogens is 234 g/mol. The Morgan fingerprint density at radius 3 is 2.50 bits per heavy atom. The van der Waals surface area contributed by atoms with Gasteiger partial charge in [-0.3, -0.25) is 9.78 Å².